The van der Waals surface area contributed by atoms with Gasteiger partial charge in [0.1, 0.15) is 11.5 Å². The van der Waals surface area contributed by atoms with Crippen molar-refractivity contribution in [3.63, 3.8) is 0 Å². The van der Waals surface area contributed by atoms with E-state index in [1.54, 1.807) is 36.4 Å². The van der Waals surface area contributed by atoms with Gasteiger partial charge in [0, 0.05) is 5.56 Å². The Bertz CT molecular complexity index is 567. The quantitative estimate of drug-likeness (QED) is 0.386. The Balaban J connectivity index is 2.19. The van der Waals surface area contributed by atoms with E-state index in [0.717, 1.165) is 0 Å². The lowest BCUT2D eigenvalue weighted by Crippen LogP contribution is -2.12. The number of ether oxygens (including phenoxy) is 1. The second-order valence-corrected chi connectivity index (χ2v) is 3.95. The molecule has 0 aromatic heterocycles. The third-order valence-corrected chi connectivity index (χ3v) is 2.63. The van der Waals surface area contributed by atoms with Gasteiger partial charge in [0.05, 0.1) is 5.02 Å². The summed E-state index contributed by atoms with van der Waals surface area (Å²) >= 11 is 5.98. The summed E-state index contributed by atoms with van der Waals surface area (Å²) in [7, 11) is 0. The van der Waals surface area contributed by atoms with Crippen molar-refractivity contribution in [2.24, 2.45) is 10.9 Å². The zero-order valence-electron chi connectivity index (χ0n) is 9.38. The predicted molar refractivity (Wildman–Crippen MR) is 70.5 cm³/mol. The lowest BCUT2D eigenvalue weighted by atomic mass is 10.2. The average molecular weight is 263 g/mol. The number of amidine groups is 1. The third kappa shape index (κ3) is 2.73. The average Bonchev–Trinajstić information content (AvgIpc) is 2.41. The molecule has 0 saturated heterocycles. The normalized spacial score (nSPS) is 11.3. The Morgan fingerprint density at radius 1 is 1.11 bits per heavy atom. The van der Waals surface area contributed by atoms with Crippen molar-refractivity contribution in [2.45, 2.75) is 0 Å². The van der Waals surface area contributed by atoms with Gasteiger partial charge in [0.15, 0.2) is 5.84 Å². The van der Waals surface area contributed by atoms with Gasteiger partial charge < -0.3 is 15.7 Å². The zero-order valence-corrected chi connectivity index (χ0v) is 10.1. The van der Waals surface area contributed by atoms with Gasteiger partial charge in [-0.2, -0.15) is 0 Å². The van der Waals surface area contributed by atoms with Crippen LogP contribution in [0.1, 0.15) is 5.56 Å². The van der Waals surface area contributed by atoms with E-state index >= 15 is 0 Å². The van der Waals surface area contributed by atoms with Crippen molar-refractivity contribution >= 4 is 17.4 Å². The minimum absolute atomic E-state index is 0.0549. The van der Waals surface area contributed by atoms with Crippen LogP contribution >= 0.6 is 11.6 Å². The summed E-state index contributed by atoms with van der Waals surface area (Å²) in [6.07, 6.45) is 0. The summed E-state index contributed by atoms with van der Waals surface area (Å²) < 4.78 is 5.60. The third-order valence-electron chi connectivity index (χ3n) is 2.32. The van der Waals surface area contributed by atoms with E-state index in [4.69, 9.17) is 27.3 Å². The van der Waals surface area contributed by atoms with E-state index in [0.29, 0.717) is 22.1 Å². The molecule has 0 radical (unpaired) electrons. The minimum atomic E-state index is 0.0549. The van der Waals surface area contributed by atoms with Crippen molar-refractivity contribution in [2.75, 3.05) is 0 Å². The Morgan fingerprint density at radius 3 is 2.39 bits per heavy atom. The molecule has 3 N–H and O–H groups in total. The molecule has 92 valence electrons. The van der Waals surface area contributed by atoms with Crippen molar-refractivity contribution in [1.82, 2.24) is 0 Å². The molecule has 0 aliphatic carbocycles. The SMILES string of the molecule is N/C(=N\O)c1ccc(Oc2ccccc2Cl)cc1. The van der Waals surface area contributed by atoms with E-state index < -0.39 is 0 Å². The topological polar surface area (TPSA) is 67.8 Å². The minimum Gasteiger partial charge on any atom is -0.456 e. The molecule has 4 nitrogen and oxygen atoms in total. The molecule has 2 aromatic rings. The first-order valence-electron chi connectivity index (χ1n) is 5.21. The maximum atomic E-state index is 8.54. The lowest BCUT2D eigenvalue weighted by Gasteiger charge is -2.07. The van der Waals surface area contributed by atoms with Crippen LogP contribution in [0.25, 0.3) is 0 Å². The summed E-state index contributed by atoms with van der Waals surface area (Å²) in [6, 6.07) is 14.0. The van der Waals surface area contributed by atoms with Crippen LogP contribution in [-0.2, 0) is 0 Å². The fourth-order valence-electron chi connectivity index (χ4n) is 1.41. The highest BCUT2D eigenvalue weighted by atomic mass is 35.5. The van der Waals surface area contributed by atoms with Crippen LogP contribution in [0.2, 0.25) is 5.02 Å². The fourth-order valence-corrected chi connectivity index (χ4v) is 1.58. The van der Waals surface area contributed by atoms with E-state index in [1.165, 1.54) is 0 Å². The number of oxime groups is 1. The molecule has 0 atom stereocenters. The van der Waals surface area contributed by atoms with Gasteiger partial charge in [-0.05, 0) is 36.4 Å². The largest absolute Gasteiger partial charge is 0.456 e. The summed E-state index contributed by atoms with van der Waals surface area (Å²) in [4.78, 5) is 0. The van der Waals surface area contributed by atoms with Crippen molar-refractivity contribution in [3.05, 3.63) is 59.1 Å². The number of benzene rings is 2. The first-order valence-corrected chi connectivity index (χ1v) is 5.59. The molecule has 0 heterocycles. The number of nitrogens with two attached hydrogens (primary N) is 1. The Morgan fingerprint density at radius 2 is 1.78 bits per heavy atom. The van der Waals surface area contributed by atoms with E-state index in [-0.39, 0.29) is 5.84 Å². The second-order valence-electron chi connectivity index (χ2n) is 3.54. The molecule has 2 rings (SSSR count). The standard InChI is InChI=1S/C13H11ClN2O2/c14-11-3-1-2-4-12(11)18-10-7-5-9(6-8-10)13(15)16-17/h1-8,17H,(H2,15,16). The van der Waals surface area contributed by atoms with Crippen LogP contribution < -0.4 is 10.5 Å². The molecular formula is C13H11ClN2O2. The predicted octanol–water partition coefficient (Wildman–Crippen LogP) is 3.23. The molecular weight excluding hydrogens is 252 g/mol. The molecule has 0 fully saturated rings. The summed E-state index contributed by atoms with van der Waals surface area (Å²) in [5, 5.41) is 12.0. The van der Waals surface area contributed by atoms with Crippen molar-refractivity contribution in [3.8, 4) is 11.5 Å². The maximum absolute atomic E-state index is 8.54. The highest BCUT2D eigenvalue weighted by molar-refractivity contribution is 6.32. The van der Waals surface area contributed by atoms with Crippen LogP contribution in [-0.4, -0.2) is 11.0 Å². The molecule has 0 spiro atoms. The number of para-hydroxylation sites is 1. The molecule has 0 saturated carbocycles. The smallest absolute Gasteiger partial charge is 0.170 e. The highest BCUT2D eigenvalue weighted by Crippen LogP contribution is 2.28. The number of rotatable bonds is 3. The Hall–Kier alpha value is -2.20. The van der Waals surface area contributed by atoms with Gasteiger partial charge in [-0.25, -0.2) is 0 Å². The van der Waals surface area contributed by atoms with Gasteiger partial charge in [0.2, 0.25) is 0 Å². The van der Waals surface area contributed by atoms with Crippen LogP contribution in [0, 0.1) is 0 Å². The van der Waals surface area contributed by atoms with Crippen LogP contribution in [0.3, 0.4) is 0 Å². The summed E-state index contributed by atoms with van der Waals surface area (Å²) in [5.74, 6) is 1.26. The van der Waals surface area contributed by atoms with Gasteiger partial charge in [-0.1, -0.05) is 28.9 Å². The zero-order chi connectivity index (χ0) is 13.0. The first kappa shape index (κ1) is 12.3. The van der Waals surface area contributed by atoms with Gasteiger partial charge in [0.25, 0.3) is 0 Å². The monoisotopic (exact) mass is 262 g/mol. The molecule has 0 bridgehead atoms. The molecule has 0 aliphatic heterocycles. The molecule has 0 amide bonds. The summed E-state index contributed by atoms with van der Waals surface area (Å²) in [5.41, 5.74) is 6.07. The molecule has 18 heavy (non-hydrogen) atoms. The maximum Gasteiger partial charge on any atom is 0.170 e. The van der Waals surface area contributed by atoms with Gasteiger partial charge in [-0.15, -0.1) is 0 Å². The van der Waals surface area contributed by atoms with Crippen molar-refractivity contribution < 1.29 is 9.94 Å². The van der Waals surface area contributed by atoms with Crippen LogP contribution in [0.15, 0.2) is 53.7 Å². The van der Waals surface area contributed by atoms with Crippen LogP contribution in [0.5, 0.6) is 11.5 Å². The molecule has 5 heteroatoms. The van der Waals surface area contributed by atoms with Crippen molar-refractivity contribution in [1.29, 1.82) is 0 Å². The summed E-state index contributed by atoms with van der Waals surface area (Å²) in [6.45, 7) is 0. The highest BCUT2D eigenvalue weighted by Gasteiger charge is 2.03. The number of halogens is 1. The van der Waals surface area contributed by atoms with E-state index in [9.17, 15) is 0 Å². The first-order chi connectivity index (χ1) is 8.70. The molecule has 0 aliphatic rings. The lowest BCUT2D eigenvalue weighted by molar-refractivity contribution is 0.318. The number of hydrogen-bond donors (Lipinski definition) is 2. The van der Waals surface area contributed by atoms with Gasteiger partial charge >= 0.3 is 0 Å². The van der Waals surface area contributed by atoms with E-state index in [1.807, 2.05) is 12.1 Å². The molecule has 0 unspecified atom stereocenters. The Labute approximate surface area is 109 Å². The second kappa shape index (κ2) is 5.42. The van der Waals surface area contributed by atoms with Crippen LogP contribution in [0.4, 0.5) is 0 Å². The number of hydrogen-bond acceptors (Lipinski definition) is 3. The Kier molecular flexibility index (Phi) is 3.69. The van der Waals surface area contributed by atoms with Gasteiger partial charge in [-0.3, -0.25) is 0 Å². The fraction of sp³-hybridized carbons (Fsp3) is 0. The van der Waals surface area contributed by atoms with E-state index in [2.05, 4.69) is 5.16 Å². The number of nitrogens with zero attached hydrogens (tertiary/aromatic N) is 1. The molecule has 2 aromatic carbocycles.